The van der Waals surface area contributed by atoms with Crippen molar-refractivity contribution in [3.05, 3.63) is 22.7 Å². The van der Waals surface area contributed by atoms with Crippen molar-refractivity contribution >= 4 is 23.5 Å². The Morgan fingerprint density at radius 2 is 2.10 bits per heavy atom. The Balaban J connectivity index is 1.74. The van der Waals surface area contributed by atoms with Gasteiger partial charge in [0.05, 0.1) is 6.20 Å². The number of halogens is 1. The summed E-state index contributed by atoms with van der Waals surface area (Å²) in [7, 11) is 0. The van der Waals surface area contributed by atoms with Gasteiger partial charge in [0.1, 0.15) is 0 Å². The minimum absolute atomic E-state index is 0.216. The molecule has 7 nitrogen and oxygen atoms in total. The third-order valence-electron chi connectivity index (χ3n) is 3.36. The molecule has 0 aliphatic carbocycles. The lowest BCUT2D eigenvalue weighted by molar-refractivity contribution is 0.876. The smallest absolute Gasteiger partial charge is 0.231 e. The monoisotopic (exact) mass is 293 g/mol. The standard InChI is InChI=1S/C12H16ClN7/c1-8-9(7-15-19-8)6-14-11-16-10(13)17-12(18-11)20-4-2-3-5-20/h7H,2-6H2,1H3,(H,15,19)(H,14,16,17,18). The second-order valence-electron chi connectivity index (χ2n) is 4.80. The third-order valence-corrected chi connectivity index (χ3v) is 3.53. The summed E-state index contributed by atoms with van der Waals surface area (Å²) in [6, 6.07) is 0. The molecule has 1 aliphatic rings. The van der Waals surface area contributed by atoms with Crippen LogP contribution in [0.2, 0.25) is 5.28 Å². The van der Waals surface area contributed by atoms with Crippen LogP contribution < -0.4 is 10.2 Å². The SMILES string of the molecule is Cc1[nH]ncc1CNc1nc(Cl)nc(N2CCCC2)n1. The highest BCUT2D eigenvalue weighted by molar-refractivity contribution is 6.28. The van der Waals surface area contributed by atoms with Crippen LogP contribution in [-0.2, 0) is 6.54 Å². The van der Waals surface area contributed by atoms with Crippen molar-refractivity contribution in [3.8, 4) is 0 Å². The summed E-state index contributed by atoms with van der Waals surface area (Å²) in [5.41, 5.74) is 2.10. The average molecular weight is 294 g/mol. The zero-order valence-electron chi connectivity index (χ0n) is 11.2. The number of rotatable bonds is 4. The maximum Gasteiger partial charge on any atom is 0.231 e. The van der Waals surface area contributed by atoms with Gasteiger partial charge in [-0.15, -0.1) is 0 Å². The molecular formula is C12H16ClN7. The first-order chi connectivity index (χ1) is 9.72. The molecule has 2 aromatic heterocycles. The number of anilines is 2. The molecule has 1 fully saturated rings. The van der Waals surface area contributed by atoms with Gasteiger partial charge < -0.3 is 10.2 Å². The van der Waals surface area contributed by atoms with Gasteiger partial charge in [-0.05, 0) is 31.4 Å². The molecule has 0 radical (unpaired) electrons. The van der Waals surface area contributed by atoms with Gasteiger partial charge in [0, 0.05) is 30.9 Å². The molecule has 3 heterocycles. The zero-order valence-corrected chi connectivity index (χ0v) is 12.0. The molecule has 1 aliphatic heterocycles. The Morgan fingerprint density at radius 1 is 1.30 bits per heavy atom. The predicted molar refractivity (Wildman–Crippen MR) is 76.9 cm³/mol. The van der Waals surface area contributed by atoms with Crippen molar-refractivity contribution in [1.29, 1.82) is 0 Å². The van der Waals surface area contributed by atoms with Crippen LogP contribution >= 0.6 is 11.6 Å². The van der Waals surface area contributed by atoms with Crippen LogP contribution in [0.3, 0.4) is 0 Å². The number of nitrogens with one attached hydrogen (secondary N) is 2. The number of aryl methyl sites for hydroxylation is 1. The minimum Gasteiger partial charge on any atom is -0.350 e. The lowest BCUT2D eigenvalue weighted by Gasteiger charge is -2.15. The van der Waals surface area contributed by atoms with Crippen LogP contribution in [0, 0.1) is 6.92 Å². The van der Waals surface area contributed by atoms with Crippen LogP contribution in [-0.4, -0.2) is 38.2 Å². The normalized spacial score (nSPS) is 14.8. The van der Waals surface area contributed by atoms with Gasteiger partial charge >= 0.3 is 0 Å². The zero-order chi connectivity index (χ0) is 13.9. The molecule has 2 aromatic rings. The molecule has 20 heavy (non-hydrogen) atoms. The molecule has 8 heteroatoms. The van der Waals surface area contributed by atoms with Crippen LogP contribution in [0.15, 0.2) is 6.20 Å². The highest BCUT2D eigenvalue weighted by Gasteiger charge is 2.17. The van der Waals surface area contributed by atoms with E-state index >= 15 is 0 Å². The van der Waals surface area contributed by atoms with Crippen molar-refractivity contribution in [2.24, 2.45) is 0 Å². The first-order valence-corrected chi connectivity index (χ1v) is 6.99. The lowest BCUT2D eigenvalue weighted by Crippen LogP contribution is -2.21. The summed E-state index contributed by atoms with van der Waals surface area (Å²) in [4.78, 5) is 14.8. The first-order valence-electron chi connectivity index (χ1n) is 6.61. The Morgan fingerprint density at radius 3 is 2.80 bits per heavy atom. The molecule has 0 spiro atoms. The molecule has 106 valence electrons. The van der Waals surface area contributed by atoms with Gasteiger partial charge in [-0.1, -0.05) is 0 Å². The van der Waals surface area contributed by atoms with Crippen molar-refractivity contribution in [2.75, 3.05) is 23.3 Å². The van der Waals surface area contributed by atoms with Crippen LogP contribution in [0.5, 0.6) is 0 Å². The fourth-order valence-electron chi connectivity index (χ4n) is 2.21. The van der Waals surface area contributed by atoms with E-state index in [0.717, 1.165) is 24.3 Å². The van der Waals surface area contributed by atoms with Crippen LogP contribution in [0.1, 0.15) is 24.1 Å². The second kappa shape index (κ2) is 5.62. The quantitative estimate of drug-likeness (QED) is 0.894. The topological polar surface area (TPSA) is 82.6 Å². The molecule has 0 unspecified atom stereocenters. The third kappa shape index (κ3) is 2.82. The van der Waals surface area contributed by atoms with Crippen molar-refractivity contribution in [2.45, 2.75) is 26.3 Å². The Labute approximate surface area is 121 Å². The van der Waals surface area contributed by atoms with Crippen LogP contribution in [0.25, 0.3) is 0 Å². The van der Waals surface area contributed by atoms with Crippen molar-refractivity contribution in [3.63, 3.8) is 0 Å². The molecule has 0 aromatic carbocycles. The van der Waals surface area contributed by atoms with Gasteiger partial charge in [0.15, 0.2) is 0 Å². The summed E-state index contributed by atoms with van der Waals surface area (Å²) >= 11 is 5.97. The molecule has 1 saturated heterocycles. The Kier molecular flexibility index (Phi) is 3.68. The number of H-pyrrole nitrogens is 1. The summed E-state index contributed by atoms with van der Waals surface area (Å²) in [5.74, 6) is 1.14. The maximum absolute atomic E-state index is 5.97. The summed E-state index contributed by atoms with van der Waals surface area (Å²) < 4.78 is 0. The fraction of sp³-hybridized carbons (Fsp3) is 0.500. The van der Waals surface area contributed by atoms with Gasteiger partial charge in [0.25, 0.3) is 0 Å². The number of aromatic amines is 1. The highest BCUT2D eigenvalue weighted by atomic mass is 35.5. The fourth-order valence-corrected chi connectivity index (χ4v) is 2.36. The van der Waals surface area contributed by atoms with E-state index in [0.29, 0.717) is 18.4 Å². The van der Waals surface area contributed by atoms with E-state index in [-0.39, 0.29) is 5.28 Å². The van der Waals surface area contributed by atoms with Gasteiger partial charge in [-0.2, -0.15) is 20.1 Å². The van der Waals surface area contributed by atoms with E-state index in [1.807, 2.05) is 6.92 Å². The van der Waals surface area contributed by atoms with Crippen molar-refractivity contribution in [1.82, 2.24) is 25.1 Å². The largest absolute Gasteiger partial charge is 0.350 e. The van der Waals surface area contributed by atoms with E-state index in [1.165, 1.54) is 12.8 Å². The summed E-state index contributed by atoms with van der Waals surface area (Å²) in [6.45, 7) is 4.52. The molecule has 3 rings (SSSR count). The molecule has 0 amide bonds. The van der Waals surface area contributed by atoms with Crippen LogP contribution in [0.4, 0.5) is 11.9 Å². The molecule has 0 atom stereocenters. The average Bonchev–Trinajstić information content (AvgIpc) is 3.07. The van der Waals surface area contributed by atoms with Gasteiger partial charge in [0.2, 0.25) is 17.2 Å². The van der Waals surface area contributed by atoms with Crippen molar-refractivity contribution < 1.29 is 0 Å². The minimum atomic E-state index is 0.216. The number of hydrogen-bond acceptors (Lipinski definition) is 6. The van der Waals surface area contributed by atoms with E-state index in [4.69, 9.17) is 11.6 Å². The maximum atomic E-state index is 5.97. The Hall–Kier alpha value is -1.89. The lowest BCUT2D eigenvalue weighted by atomic mass is 10.3. The summed E-state index contributed by atoms with van der Waals surface area (Å²) in [6.07, 6.45) is 4.12. The Bertz CT molecular complexity index is 591. The molecule has 2 N–H and O–H groups in total. The summed E-state index contributed by atoms with van der Waals surface area (Å²) in [5, 5.41) is 10.2. The van der Waals surface area contributed by atoms with E-state index in [1.54, 1.807) is 6.20 Å². The van der Waals surface area contributed by atoms with Gasteiger partial charge in [-0.25, -0.2) is 0 Å². The number of aromatic nitrogens is 5. The first kappa shape index (κ1) is 13.1. The van der Waals surface area contributed by atoms with Gasteiger partial charge in [-0.3, -0.25) is 5.10 Å². The van der Waals surface area contributed by atoms with E-state index in [9.17, 15) is 0 Å². The number of hydrogen-bond donors (Lipinski definition) is 2. The molecular weight excluding hydrogens is 278 g/mol. The van der Waals surface area contributed by atoms with E-state index in [2.05, 4.69) is 35.4 Å². The number of nitrogens with zero attached hydrogens (tertiary/aromatic N) is 5. The van der Waals surface area contributed by atoms with E-state index < -0.39 is 0 Å². The predicted octanol–water partition coefficient (Wildman–Crippen LogP) is 1.77. The highest BCUT2D eigenvalue weighted by Crippen LogP contribution is 2.19. The molecule has 0 saturated carbocycles. The second-order valence-corrected chi connectivity index (χ2v) is 5.13. The molecule has 0 bridgehead atoms.